The standard InChI is InChI=1S/C11H10N4O4/c16-9(8-5-14-11(19)15-8)13-4-7-3-6(10(17)18)1-2-12-7/h1-3,5H,4H2,(H,13,16)(H,17,18)(H2,14,15,19). The minimum atomic E-state index is -1.06. The SMILES string of the molecule is O=C(O)c1ccnc(CNC(=O)c2c[nH]c(=O)[nH]2)c1. The van der Waals surface area contributed by atoms with Crippen molar-refractivity contribution in [3.8, 4) is 0 Å². The summed E-state index contributed by atoms with van der Waals surface area (Å²) in [4.78, 5) is 41.7. The number of carboxylic acids is 1. The highest BCUT2D eigenvalue weighted by molar-refractivity contribution is 5.92. The van der Waals surface area contributed by atoms with Crippen LogP contribution in [0.25, 0.3) is 0 Å². The normalized spacial score (nSPS) is 10.1. The van der Waals surface area contributed by atoms with E-state index in [0.29, 0.717) is 5.69 Å². The van der Waals surface area contributed by atoms with Gasteiger partial charge in [0.1, 0.15) is 5.69 Å². The van der Waals surface area contributed by atoms with Gasteiger partial charge in [-0.05, 0) is 12.1 Å². The third kappa shape index (κ3) is 3.06. The molecule has 0 aliphatic carbocycles. The van der Waals surface area contributed by atoms with Crippen LogP contribution < -0.4 is 11.0 Å². The topological polar surface area (TPSA) is 128 Å². The number of aromatic carboxylic acids is 1. The maximum atomic E-state index is 11.6. The smallest absolute Gasteiger partial charge is 0.335 e. The number of amides is 1. The number of aromatic amines is 2. The van der Waals surface area contributed by atoms with Crippen molar-refractivity contribution in [2.75, 3.05) is 0 Å². The van der Waals surface area contributed by atoms with Gasteiger partial charge in [0.25, 0.3) is 5.91 Å². The molecule has 2 aromatic rings. The number of hydrogen-bond donors (Lipinski definition) is 4. The minimum Gasteiger partial charge on any atom is -0.478 e. The lowest BCUT2D eigenvalue weighted by atomic mass is 10.2. The summed E-state index contributed by atoms with van der Waals surface area (Å²) in [6, 6.07) is 2.72. The first-order valence-corrected chi connectivity index (χ1v) is 5.30. The molecule has 0 unspecified atom stereocenters. The Kier molecular flexibility index (Phi) is 3.42. The first kappa shape index (κ1) is 12.6. The largest absolute Gasteiger partial charge is 0.478 e. The molecule has 2 rings (SSSR count). The van der Waals surface area contributed by atoms with Crippen molar-refractivity contribution in [2.24, 2.45) is 0 Å². The van der Waals surface area contributed by atoms with Crippen LogP contribution in [0.1, 0.15) is 26.5 Å². The second kappa shape index (κ2) is 5.17. The van der Waals surface area contributed by atoms with E-state index in [1.54, 1.807) is 0 Å². The molecule has 19 heavy (non-hydrogen) atoms. The number of carbonyl (C=O) groups is 2. The highest BCUT2D eigenvalue weighted by Crippen LogP contribution is 2.02. The second-order valence-electron chi connectivity index (χ2n) is 3.68. The van der Waals surface area contributed by atoms with Crippen molar-refractivity contribution in [3.63, 3.8) is 0 Å². The van der Waals surface area contributed by atoms with E-state index in [4.69, 9.17) is 5.11 Å². The molecule has 0 bridgehead atoms. The molecule has 0 atom stereocenters. The summed E-state index contributed by atoms with van der Waals surface area (Å²) in [6.07, 6.45) is 2.60. The van der Waals surface area contributed by atoms with Gasteiger partial charge in [-0.3, -0.25) is 9.78 Å². The zero-order valence-corrected chi connectivity index (χ0v) is 9.64. The number of nitrogens with one attached hydrogen (secondary N) is 3. The van der Waals surface area contributed by atoms with Crippen LogP contribution in [-0.2, 0) is 6.54 Å². The van der Waals surface area contributed by atoms with Crippen LogP contribution in [0.4, 0.5) is 0 Å². The van der Waals surface area contributed by atoms with Gasteiger partial charge in [0, 0.05) is 12.4 Å². The van der Waals surface area contributed by atoms with Crippen molar-refractivity contribution in [2.45, 2.75) is 6.54 Å². The molecule has 0 fully saturated rings. The van der Waals surface area contributed by atoms with E-state index in [-0.39, 0.29) is 17.8 Å². The monoisotopic (exact) mass is 262 g/mol. The highest BCUT2D eigenvalue weighted by atomic mass is 16.4. The Morgan fingerprint density at radius 2 is 2.21 bits per heavy atom. The lowest BCUT2D eigenvalue weighted by molar-refractivity contribution is 0.0696. The number of rotatable bonds is 4. The summed E-state index contributed by atoms with van der Waals surface area (Å²) in [5.41, 5.74) is 0.121. The molecule has 98 valence electrons. The molecule has 1 amide bonds. The molecule has 0 spiro atoms. The lowest BCUT2D eigenvalue weighted by Crippen LogP contribution is -2.24. The average Bonchev–Trinajstić information content (AvgIpc) is 2.83. The van der Waals surface area contributed by atoms with Gasteiger partial charge in [-0.2, -0.15) is 0 Å². The third-order valence-corrected chi connectivity index (χ3v) is 2.33. The van der Waals surface area contributed by atoms with Gasteiger partial charge in [0.15, 0.2) is 0 Å². The quantitative estimate of drug-likeness (QED) is 0.602. The summed E-state index contributed by atoms with van der Waals surface area (Å²) in [5.74, 6) is -1.55. The van der Waals surface area contributed by atoms with Crippen LogP contribution in [0.15, 0.2) is 29.3 Å². The van der Waals surface area contributed by atoms with Crippen molar-refractivity contribution in [3.05, 3.63) is 52.0 Å². The number of nitrogens with zero attached hydrogens (tertiary/aromatic N) is 1. The Labute approximate surface area is 106 Å². The Hall–Kier alpha value is -2.90. The Balaban J connectivity index is 2.02. The highest BCUT2D eigenvalue weighted by Gasteiger charge is 2.09. The van der Waals surface area contributed by atoms with Crippen LogP contribution in [0.3, 0.4) is 0 Å². The summed E-state index contributed by atoms with van der Waals surface area (Å²) in [5, 5.41) is 11.3. The van der Waals surface area contributed by atoms with E-state index in [9.17, 15) is 14.4 Å². The fourth-order valence-electron chi connectivity index (χ4n) is 1.43. The predicted molar refractivity (Wildman–Crippen MR) is 63.8 cm³/mol. The van der Waals surface area contributed by atoms with Gasteiger partial charge in [0.05, 0.1) is 17.8 Å². The Morgan fingerprint density at radius 1 is 1.42 bits per heavy atom. The summed E-state index contributed by atoms with van der Waals surface area (Å²) in [6.45, 7) is 0.0627. The average molecular weight is 262 g/mol. The van der Waals surface area contributed by atoms with Crippen molar-refractivity contribution < 1.29 is 14.7 Å². The maximum absolute atomic E-state index is 11.6. The number of hydrogen-bond acceptors (Lipinski definition) is 4. The summed E-state index contributed by atoms with van der Waals surface area (Å²) >= 11 is 0. The van der Waals surface area contributed by atoms with E-state index >= 15 is 0 Å². The predicted octanol–water partition coefficient (Wildman–Crippen LogP) is -0.274. The molecular weight excluding hydrogens is 252 g/mol. The van der Waals surface area contributed by atoms with Gasteiger partial charge in [-0.25, -0.2) is 9.59 Å². The first-order valence-electron chi connectivity index (χ1n) is 5.30. The summed E-state index contributed by atoms with van der Waals surface area (Å²) in [7, 11) is 0. The van der Waals surface area contributed by atoms with Crippen LogP contribution in [-0.4, -0.2) is 31.9 Å². The molecule has 0 aliphatic rings. The Bertz CT molecular complexity index is 673. The van der Waals surface area contributed by atoms with Gasteiger partial charge >= 0.3 is 11.7 Å². The zero-order chi connectivity index (χ0) is 13.8. The molecule has 2 heterocycles. The van der Waals surface area contributed by atoms with Crippen LogP contribution in [0, 0.1) is 0 Å². The number of aromatic nitrogens is 3. The number of carbonyl (C=O) groups excluding carboxylic acids is 1. The lowest BCUT2D eigenvalue weighted by Gasteiger charge is -2.03. The van der Waals surface area contributed by atoms with Crippen LogP contribution >= 0.6 is 0 Å². The van der Waals surface area contributed by atoms with Crippen molar-refractivity contribution >= 4 is 11.9 Å². The number of H-pyrrole nitrogens is 2. The van der Waals surface area contributed by atoms with E-state index < -0.39 is 17.6 Å². The first-order chi connectivity index (χ1) is 9.06. The van der Waals surface area contributed by atoms with Gasteiger partial charge in [0.2, 0.25) is 0 Å². The van der Waals surface area contributed by atoms with Crippen molar-refractivity contribution in [1.82, 2.24) is 20.3 Å². The molecule has 0 saturated heterocycles. The molecule has 0 radical (unpaired) electrons. The molecule has 2 aromatic heterocycles. The second-order valence-corrected chi connectivity index (χ2v) is 3.68. The molecule has 8 heteroatoms. The number of imidazole rings is 1. The van der Waals surface area contributed by atoms with Crippen LogP contribution in [0.5, 0.6) is 0 Å². The van der Waals surface area contributed by atoms with E-state index in [1.807, 2.05) is 0 Å². The number of carboxylic acid groups (broad SMARTS) is 1. The number of pyridine rings is 1. The van der Waals surface area contributed by atoms with E-state index in [1.165, 1.54) is 24.5 Å². The summed E-state index contributed by atoms with van der Waals surface area (Å²) < 4.78 is 0. The van der Waals surface area contributed by atoms with E-state index in [2.05, 4.69) is 20.3 Å². The molecule has 0 saturated carbocycles. The molecule has 4 N–H and O–H groups in total. The molecule has 8 nitrogen and oxygen atoms in total. The van der Waals surface area contributed by atoms with Gasteiger partial charge in [-0.1, -0.05) is 0 Å². The zero-order valence-electron chi connectivity index (χ0n) is 9.64. The minimum absolute atomic E-state index is 0.0627. The fourth-order valence-corrected chi connectivity index (χ4v) is 1.43. The van der Waals surface area contributed by atoms with E-state index in [0.717, 1.165) is 0 Å². The van der Waals surface area contributed by atoms with Gasteiger partial charge in [-0.15, -0.1) is 0 Å². The maximum Gasteiger partial charge on any atom is 0.335 e. The van der Waals surface area contributed by atoms with Gasteiger partial charge < -0.3 is 20.4 Å². The fraction of sp³-hybridized carbons (Fsp3) is 0.0909. The van der Waals surface area contributed by atoms with Crippen molar-refractivity contribution in [1.29, 1.82) is 0 Å². The van der Waals surface area contributed by atoms with Crippen LogP contribution in [0.2, 0.25) is 0 Å². The Morgan fingerprint density at radius 3 is 2.84 bits per heavy atom. The molecular formula is C11H10N4O4. The molecule has 0 aliphatic heterocycles. The third-order valence-electron chi connectivity index (χ3n) is 2.33. The molecule has 0 aromatic carbocycles.